The molecule has 4 aromatic carbocycles. The molecule has 4 atom stereocenters. The van der Waals surface area contributed by atoms with Gasteiger partial charge in [0.05, 0.1) is 0 Å². The fraction of sp³-hybridized carbons (Fsp3) is 0.184. The Morgan fingerprint density at radius 1 is 0.431 bits per heavy atom. The minimum Gasteiger partial charge on any atom is -0.457 e. The lowest BCUT2D eigenvalue weighted by Gasteiger charge is -2.21. The lowest BCUT2D eigenvalue weighted by molar-refractivity contribution is 0.482. The highest BCUT2D eigenvalue weighted by atomic mass is 16.5. The van der Waals surface area contributed by atoms with Gasteiger partial charge in [0, 0.05) is 23.7 Å². The lowest BCUT2D eigenvalue weighted by atomic mass is 9.83. The summed E-state index contributed by atoms with van der Waals surface area (Å²) < 4.78 is 12.2. The summed E-state index contributed by atoms with van der Waals surface area (Å²) in [5, 5.41) is 0. The van der Waals surface area contributed by atoms with E-state index in [0.29, 0.717) is 11.8 Å². The zero-order chi connectivity index (χ0) is 34.6. The molecule has 0 amide bonds. The van der Waals surface area contributed by atoms with Gasteiger partial charge in [-0.15, -0.1) is 0 Å². The van der Waals surface area contributed by atoms with Crippen molar-refractivity contribution in [3.05, 3.63) is 215 Å². The molecule has 2 heteroatoms. The first-order valence-electron chi connectivity index (χ1n) is 18.3. The molecule has 4 aliphatic carbocycles. The Morgan fingerprint density at radius 2 is 0.824 bits per heavy atom. The van der Waals surface area contributed by atoms with Crippen LogP contribution in [0.1, 0.15) is 56.1 Å². The number of hydrogen-bond acceptors (Lipinski definition) is 2. The second-order valence-corrected chi connectivity index (χ2v) is 14.0. The van der Waals surface area contributed by atoms with E-state index in [1.54, 1.807) is 0 Å². The molecule has 252 valence electrons. The summed E-state index contributed by atoms with van der Waals surface area (Å²) in [4.78, 5) is 0. The average Bonchev–Trinajstić information content (AvgIpc) is 3.42. The van der Waals surface area contributed by atoms with Crippen LogP contribution in [-0.4, -0.2) is 0 Å². The zero-order valence-electron chi connectivity index (χ0n) is 29.4. The molecule has 0 spiro atoms. The molecule has 0 heterocycles. The molecule has 0 aromatic heterocycles. The first-order chi connectivity index (χ1) is 25.1. The molecule has 8 rings (SSSR count). The molecule has 0 saturated carbocycles. The van der Waals surface area contributed by atoms with Crippen molar-refractivity contribution >= 4 is 0 Å². The predicted octanol–water partition coefficient (Wildman–Crippen LogP) is 13.3. The van der Waals surface area contributed by atoms with Crippen LogP contribution in [0.15, 0.2) is 203 Å². The minimum atomic E-state index is 0.230. The van der Waals surface area contributed by atoms with Crippen LogP contribution in [0.4, 0.5) is 0 Å². The van der Waals surface area contributed by atoms with Crippen molar-refractivity contribution in [3.8, 4) is 23.0 Å². The fourth-order valence-electron chi connectivity index (χ4n) is 8.20. The molecule has 0 saturated heterocycles. The summed E-state index contributed by atoms with van der Waals surface area (Å²) in [5.41, 5.74) is 11.4. The third kappa shape index (κ3) is 7.05. The molecule has 51 heavy (non-hydrogen) atoms. The van der Waals surface area contributed by atoms with Gasteiger partial charge in [0.15, 0.2) is 0 Å². The monoisotopic (exact) mass is 664 g/mol. The van der Waals surface area contributed by atoms with E-state index in [9.17, 15) is 0 Å². The molecular weight excluding hydrogens is 621 g/mol. The van der Waals surface area contributed by atoms with Crippen molar-refractivity contribution in [2.75, 3.05) is 0 Å². The van der Waals surface area contributed by atoms with Crippen LogP contribution in [0.5, 0.6) is 23.0 Å². The Labute approximate surface area is 302 Å². The second-order valence-electron chi connectivity index (χ2n) is 14.0. The van der Waals surface area contributed by atoms with Gasteiger partial charge in [-0.1, -0.05) is 139 Å². The van der Waals surface area contributed by atoms with Gasteiger partial charge in [-0.2, -0.15) is 0 Å². The first kappa shape index (κ1) is 32.6. The van der Waals surface area contributed by atoms with Crippen LogP contribution in [-0.2, 0) is 0 Å². The van der Waals surface area contributed by atoms with Crippen molar-refractivity contribution in [2.24, 2.45) is 11.8 Å². The van der Waals surface area contributed by atoms with Crippen molar-refractivity contribution < 1.29 is 9.47 Å². The number of rotatable bonds is 10. The molecule has 4 aromatic rings. The van der Waals surface area contributed by atoms with E-state index in [4.69, 9.17) is 9.47 Å². The molecule has 0 radical (unpaired) electrons. The summed E-state index contributed by atoms with van der Waals surface area (Å²) in [6, 6.07) is 37.2. The van der Waals surface area contributed by atoms with Gasteiger partial charge in [0.2, 0.25) is 0 Å². The summed E-state index contributed by atoms with van der Waals surface area (Å²) >= 11 is 0. The first-order valence-corrected chi connectivity index (χ1v) is 18.3. The maximum atomic E-state index is 6.08. The minimum absolute atomic E-state index is 0.230. The topological polar surface area (TPSA) is 18.5 Å². The van der Waals surface area contributed by atoms with Gasteiger partial charge in [0.25, 0.3) is 0 Å². The number of hydrogen-bond donors (Lipinski definition) is 0. The van der Waals surface area contributed by atoms with Gasteiger partial charge in [-0.05, 0) is 109 Å². The van der Waals surface area contributed by atoms with Gasteiger partial charge < -0.3 is 9.47 Å². The third-order valence-electron chi connectivity index (χ3n) is 10.8. The Kier molecular flexibility index (Phi) is 9.40. The van der Waals surface area contributed by atoms with Gasteiger partial charge in [-0.3, -0.25) is 0 Å². The van der Waals surface area contributed by atoms with E-state index >= 15 is 0 Å². The Hall–Kier alpha value is -5.60. The largest absolute Gasteiger partial charge is 0.457 e. The molecule has 4 unspecified atom stereocenters. The molecule has 0 N–H and O–H groups in total. The van der Waals surface area contributed by atoms with E-state index in [2.05, 4.69) is 123 Å². The van der Waals surface area contributed by atoms with E-state index in [1.807, 2.05) is 60.7 Å². The van der Waals surface area contributed by atoms with Gasteiger partial charge >= 0.3 is 0 Å². The van der Waals surface area contributed by atoms with Crippen LogP contribution in [0, 0.1) is 11.8 Å². The standard InChI is InChI=1S/C49H44O2/c1-34-32-48-44(36-24-28-40(29-25-36)50-38-14-5-3-6-15-38)18-9-11-20-46(48)42(34)22-13-23-43-35(2)33-49-45(19-10-12-21-47(43)49)37-26-30-41(31-27-37)51-39-16-7-4-8-17-39/h3-12,14-21,24-33,42-45H,13,22-23H2,1-2H3. The maximum Gasteiger partial charge on any atom is 0.127 e. The quantitative estimate of drug-likeness (QED) is 0.168. The fourth-order valence-corrected chi connectivity index (χ4v) is 8.20. The van der Waals surface area contributed by atoms with Crippen LogP contribution in [0.3, 0.4) is 0 Å². The van der Waals surface area contributed by atoms with Gasteiger partial charge in [0.1, 0.15) is 23.0 Å². The normalized spacial score (nSPS) is 21.9. The summed E-state index contributed by atoms with van der Waals surface area (Å²) in [7, 11) is 0. The number of ether oxygens (including phenoxy) is 2. The highest BCUT2D eigenvalue weighted by Crippen LogP contribution is 2.47. The number of benzene rings is 4. The number of para-hydroxylation sites is 2. The van der Waals surface area contributed by atoms with Crippen LogP contribution in [0.2, 0.25) is 0 Å². The van der Waals surface area contributed by atoms with E-state index in [-0.39, 0.29) is 11.8 Å². The smallest absolute Gasteiger partial charge is 0.127 e. The summed E-state index contributed by atoms with van der Waals surface area (Å²) in [5.74, 6) is 4.79. The third-order valence-corrected chi connectivity index (χ3v) is 10.8. The van der Waals surface area contributed by atoms with Crippen molar-refractivity contribution in [1.29, 1.82) is 0 Å². The number of allylic oxidation sites excluding steroid dienone is 16. The van der Waals surface area contributed by atoms with Crippen molar-refractivity contribution in [1.82, 2.24) is 0 Å². The van der Waals surface area contributed by atoms with E-state index in [1.165, 1.54) is 51.0 Å². The zero-order valence-corrected chi connectivity index (χ0v) is 29.4. The van der Waals surface area contributed by atoms with Crippen LogP contribution < -0.4 is 9.47 Å². The molecule has 0 aliphatic heterocycles. The van der Waals surface area contributed by atoms with E-state index < -0.39 is 0 Å². The molecular formula is C49H44O2. The van der Waals surface area contributed by atoms with E-state index in [0.717, 1.165) is 35.8 Å². The summed E-state index contributed by atoms with van der Waals surface area (Å²) in [6.07, 6.45) is 26.7. The van der Waals surface area contributed by atoms with Gasteiger partial charge in [-0.25, -0.2) is 0 Å². The average molecular weight is 665 g/mol. The Morgan fingerprint density at radius 3 is 1.24 bits per heavy atom. The molecule has 0 bridgehead atoms. The van der Waals surface area contributed by atoms with Crippen molar-refractivity contribution in [3.63, 3.8) is 0 Å². The highest BCUT2D eigenvalue weighted by molar-refractivity contribution is 5.57. The molecule has 2 nitrogen and oxygen atoms in total. The molecule has 4 aliphatic rings. The molecule has 0 fully saturated rings. The SMILES string of the molecule is CC1=CC2=C(C=CC=CC2c2ccc(Oc3ccccc3)cc2)C1CCCC1C(C)=CC2=C1C=CC=CC2c1ccc(Oc2ccccc2)cc1. The predicted molar refractivity (Wildman–Crippen MR) is 210 cm³/mol. The lowest BCUT2D eigenvalue weighted by Crippen LogP contribution is -2.07. The van der Waals surface area contributed by atoms with Crippen LogP contribution in [0.25, 0.3) is 0 Å². The Balaban J connectivity index is 0.946. The second kappa shape index (κ2) is 14.7. The summed E-state index contributed by atoms with van der Waals surface area (Å²) in [6.45, 7) is 4.65. The Bertz CT molecular complexity index is 1960. The highest BCUT2D eigenvalue weighted by Gasteiger charge is 2.31. The van der Waals surface area contributed by atoms with Crippen LogP contribution >= 0.6 is 0 Å². The van der Waals surface area contributed by atoms with Crippen molar-refractivity contribution in [2.45, 2.75) is 44.9 Å². The maximum absolute atomic E-state index is 6.08.